The van der Waals surface area contributed by atoms with Crippen LogP contribution >= 0.6 is 0 Å². The van der Waals surface area contributed by atoms with E-state index in [1.807, 2.05) is 0 Å². The highest BCUT2D eigenvalue weighted by Gasteiger charge is 2.71. The van der Waals surface area contributed by atoms with Crippen molar-refractivity contribution < 1.29 is 75.5 Å². The van der Waals surface area contributed by atoms with Crippen LogP contribution < -0.4 is 0 Å². The Kier molecular flexibility index (Phi) is 6.89. The number of carboxylic acid groups (broad SMARTS) is 3. The van der Waals surface area contributed by atoms with Crippen LogP contribution in [0.4, 0.5) is 13.2 Å². The zero-order chi connectivity index (χ0) is 23.0. The van der Waals surface area contributed by atoms with Crippen molar-refractivity contribution >= 4 is 28.0 Å². The number of alkyl halides is 3. The number of aliphatic hydroxyl groups is 3. The van der Waals surface area contributed by atoms with Gasteiger partial charge in [0.1, 0.15) is 11.7 Å². The minimum Gasteiger partial charge on any atom is -0.481 e. The molecule has 0 saturated carbocycles. The number of rotatable bonds is 9. The van der Waals surface area contributed by atoms with Gasteiger partial charge in [0.25, 0.3) is 0 Å². The highest BCUT2D eigenvalue weighted by molar-refractivity contribution is 7.87. The van der Waals surface area contributed by atoms with Gasteiger partial charge in [-0.2, -0.15) is 21.6 Å². The summed E-state index contributed by atoms with van der Waals surface area (Å²) >= 11 is 0. The molecule has 1 saturated heterocycles. The Hall–Kier alpha value is -2.05. The molecule has 0 aliphatic carbocycles. The number of aliphatic hydroxyl groups excluding tert-OH is 1. The fourth-order valence-corrected chi connectivity index (χ4v) is 3.27. The third-order valence-corrected chi connectivity index (χ3v) is 4.95. The monoisotopic (exact) mass is 456 g/mol. The van der Waals surface area contributed by atoms with Gasteiger partial charge in [-0.3, -0.25) is 14.4 Å². The van der Waals surface area contributed by atoms with Crippen LogP contribution in [0.3, 0.4) is 0 Å². The Morgan fingerprint density at radius 1 is 1.00 bits per heavy atom. The Labute approximate surface area is 159 Å². The molecule has 13 nitrogen and oxygen atoms in total. The van der Waals surface area contributed by atoms with Crippen molar-refractivity contribution in [2.75, 3.05) is 0 Å². The van der Waals surface area contributed by atoms with Gasteiger partial charge < -0.3 is 35.4 Å². The van der Waals surface area contributed by atoms with Crippen LogP contribution in [0.2, 0.25) is 0 Å². The first kappa shape index (κ1) is 25.0. The van der Waals surface area contributed by atoms with Gasteiger partial charge in [-0.15, -0.1) is 0 Å². The van der Waals surface area contributed by atoms with E-state index in [-0.39, 0.29) is 0 Å². The van der Waals surface area contributed by atoms with Crippen LogP contribution in [0.25, 0.3) is 0 Å². The lowest BCUT2D eigenvalue weighted by atomic mass is 9.74. The summed E-state index contributed by atoms with van der Waals surface area (Å²) in [6, 6.07) is 0. The van der Waals surface area contributed by atoms with Gasteiger partial charge in [0, 0.05) is 0 Å². The molecule has 5 atom stereocenters. The Morgan fingerprint density at radius 2 is 1.45 bits per heavy atom. The zero-order valence-electron chi connectivity index (χ0n) is 13.9. The second kappa shape index (κ2) is 8.00. The van der Waals surface area contributed by atoms with Crippen LogP contribution in [0.5, 0.6) is 0 Å². The lowest BCUT2D eigenvalue weighted by Crippen LogP contribution is -2.63. The zero-order valence-corrected chi connectivity index (χ0v) is 14.8. The molecular formula is C12H15F3O13S. The van der Waals surface area contributed by atoms with Gasteiger partial charge >= 0.3 is 33.5 Å². The second-order valence-electron chi connectivity index (χ2n) is 6.04. The van der Waals surface area contributed by atoms with Gasteiger partial charge in [-0.05, 0) is 0 Å². The predicted molar refractivity (Wildman–Crippen MR) is 77.4 cm³/mol. The highest BCUT2D eigenvalue weighted by Crippen LogP contribution is 2.48. The average Bonchev–Trinajstić information content (AvgIpc) is 2.65. The van der Waals surface area contributed by atoms with Crippen LogP contribution in [-0.2, 0) is 33.4 Å². The van der Waals surface area contributed by atoms with E-state index in [9.17, 15) is 51.3 Å². The fourth-order valence-electron chi connectivity index (χ4n) is 2.73. The molecule has 1 aliphatic rings. The maximum atomic E-state index is 12.6. The number of hydrogen-bond acceptors (Lipinski definition) is 10. The van der Waals surface area contributed by atoms with Gasteiger partial charge in [-0.1, -0.05) is 0 Å². The fraction of sp³-hybridized carbons (Fsp3) is 0.750. The molecule has 6 N–H and O–H groups in total. The highest BCUT2D eigenvalue weighted by atomic mass is 32.2. The molecule has 0 aromatic rings. The maximum absolute atomic E-state index is 12.6. The van der Waals surface area contributed by atoms with Crippen molar-refractivity contribution in [2.24, 2.45) is 0 Å². The summed E-state index contributed by atoms with van der Waals surface area (Å²) < 4.78 is 68.4. The molecule has 1 rings (SSSR count). The van der Waals surface area contributed by atoms with Crippen molar-refractivity contribution in [1.29, 1.82) is 0 Å². The first-order valence-electron chi connectivity index (χ1n) is 7.30. The molecule has 0 amide bonds. The van der Waals surface area contributed by atoms with Crippen LogP contribution in [-0.4, -0.2) is 92.2 Å². The molecule has 1 fully saturated rings. The van der Waals surface area contributed by atoms with E-state index < -0.39 is 82.5 Å². The quantitative estimate of drug-likeness (QED) is 0.160. The molecule has 1 heterocycles. The van der Waals surface area contributed by atoms with E-state index in [0.29, 0.717) is 0 Å². The van der Waals surface area contributed by atoms with Crippen molar-refractivity contribution in [3.05, 3.63) is 0 Å². The van der Waals surface area contributed by atoms with Crippen LogP contribution in [0, 0.1) is 0 Å². The largest absolute Gasteiger partial charge is 0.523 e. The van der Waals surface area contributed by atoms with E-state index >= 15 is 0 Å². The Morgan fingerprint density at radius 3 is 1.83 bits per heavy atom. The molecule has 1 aliphatic heterocycles. The molecule has 0 spiro atoms. The minimum atomic E-state index is -6.57. The predicted octanol–water partition coefficient (Wildman–Crippen LogP) is -2.18. The van der Waals surface area contributed by atoms with Crippen LogP contribution in [0.1, 0.15) is 19.3 Å². The summed E-state index contributed by atoms with van der Waals surface area (Å²) in [4.78, 5) is 32.8. The summed E-state index contributed by atoms with van der Waals surface area (Å²) in [6.45, 7) is 0. The number of carbonyl (C=O) groups is 3. The van der Waals surface area contributed by atoms with Crippen molar-refractivity contribution in [1.82, 2.24) is 0 Å². The third kappa shape index (κ3) is 4.93. The summed E-state index contributed by atoms with van der Waals surface area (Å²) in [5.41, 5.74) is -13.2. The Balaban J connectivity index is 3.57. The smallest absolute Gasteiger partial charge is 0.481 e. The number of hydrogen-bond donors (Lipinski definition) is 6. The molecule has 0 radical (unpaired) electrons. The average molecular weight is 456 g/mol. The number of ether oxygens (including phenoxy) is 1. The first-order chi connectivity index (χ1) is 12.9. The lowest BCUT2D eigenvalue weighted by molar-refractivity contribution is -0.201. The molecule has 0 bridgehead atoms. The second-order valence-corrected chi connectivity index (χ2v) is 7.60. The first-order valence-corrected chi connectivity index (χ1v) is 8.71. The molecular weight excluding hydrogens is 441 g/mol. The lowest BCUT2D eigenvalue weighted by Gasteiger charge is -2.39. The van der Waals surface area contributed by atoms with Gasteiger partial charge in [0.2, 0.25) is 6.29 Å². The topological polar surface area (TPSA) is 225 Å². The number of aliphatic carboxylic acids is 3. The molecule has 2 unspecified atom stereocenters. The summed E-state index contributed by atoms with van der Waals surface area (Å²) in [6.07, 6.45) is -12.9. The van der Waals surface area contributed by atoms with Crippen molar-refractivity contribution in [3.8, 4) is 0 Å². The molecule has 29 heavy (non-hydrogen) atoms. The van der Waals surface area contributed by atoms with Gasteiger partial charge in [0.15, 0.2) is 5.60 Å². The molecule has 17 heteroatoms. The minimum absolute atomic E-state index is 1.31. The Bertz CT molecular complexity index is 780. The van der Waals surface area contributed by atoms with Crippen molar-refractivity contribution in [2.45, 2.75) is 54.5 Å². The summed E-state index contributed by atoms with van der Waals surface area (Å²) in [7, 11) is -6.57. The van der Waals surface area contributed by atoms with Crippen LogP contribution in [0.15, 0.2) is 0 Å². The van der Waals surface area contributed by atoms with Crippen molar-refractivity contribution in [3.63, 3.8) is 0 Å². The van der Waals surface area contributed by atoms with E-state index in [2.05, 4.69) is 8.92 Å². The van der Waals surface area contributed by atoms with Gasteiger partial charge in [0.05, 0.1) is 25.4 Å². The molecule has 168 valence electrons. The van der Waals surface area contributed by atoms with Gasteiger partial charge in [-0.25, -0.2) is 4.18 Å². The van der Waals surface area contributed by atoms with E-state index in [0.717, 1.165) is 0 Å². The van der Waals surface area contributed by atoms with E-state index in [1.54, 1.807) is 0 Å². The molecule has 0 aromatic heterocycles. The SMILES string of the molecule is O=C(O)CC(O)[C@H]1OC(OS(=O)(=O)C(F)(F)F)[C@@](O)(CC(=O)O)[C@@]1(O)CC(=O)O. The standard InChI is InChI=1S/C12H15F3O13S/c13-12(14,15)29(25,26)28-9-11(24,3-7(21)22)10(23,2-6(19)20)8(27-9)4(16)1-5(17)18/h4,8-9,16,23-24H,1-3H2,(H,17,18)(H,19,20)(H,21,22)/t4?,8-,9?,10-,11+/m1/s1. The summed E-state index contributed by atoms with van der Waals surface area (Å²) in [5.74, 6) is -5.83. The maximum Gasteiger partial charge on any atom is 0.523 e. The number of carboxylic acids is 3. The summed E-state index contributed by atoms with van der Waals surface area (Å²) in [5, 5.41) is 57.5. The normalized spacial score (nSPS) is 31.4. The molecule has 0 aromatic carbocycles. The third-order valence-electron chi connectivity index (χ3n) is 3.95. The van der Waals surface area contributed by atoms with E-state index in [4.69, 9.17) is 15.3 Å². The number of halogens is 3. The van der Waals surface area contributed by atoms with E-state index in [1.165, 1.54) is 0 Å².